The number of benzene rings is 1. The first-order valence-electron chi connectivity index (χ1n) is 11.5. The zero-order valence-electron chi connectivity index (χ0n) is 18.9. The molecule has 0 N–H and O–H groups in total. The summed E-state index contributed by atoms with van der Waals surface area (Å²) in [4.78, 5) is 6.62. The molecule has 33 heavy (non-hydrogen) atoms. The number of aromatic nitrogens is 4. The summed E-state index contributed by atoms with van der Waals surface area (Å²) < 4.78 is 45.9. The van der Waals surface area contributed by atoms with E-state index in [4.69, 9.17) is 4.42 Å². The maximum Gasteiger partial charge on any atom is 0.416 e. The van der Waals surface area contributed by atoms with Gasteiger partial charge in [-0.05, 0) is 74.7 Å². The molecule has 1 aromatic carbocycles. The van der Waals surface area contributed by atoms with Gasteiger partial charge >= 0.3 is 6.18 Å². The first-order valence-corrected chi connectivity index (χ1v) is 11.5. The maximum atomic E-state index is 12.8. The number of hydrogen-bond acceptors (Lipinski definition) is 5. The van der Waals surface area contributed by atoms with Crippen LogP contribution in [0, 0.1) is 12.3 Å². The van der Waals surface area contributed by atoms with Crippen LogP contribution in [0.5, 0.6) is 0 Å². The zero-order valence-corrected chi connectivity index (χ0v) is 18.9. The van der Waals surface area contributed by atoms with Crippen molar-refractivity contribution in [3.8, 4) is 11.6 Å². The fourth-order valence-corrected chi connectivity index (χ4v) is 5.26. The van der Waals surface area contributed by atoms with Crippen molar-refractivity contribution in [1.29, 1.82) is 0 Å². The van der Waals surface area contributed by atoms with Crippen LogP contribution in [0.3, 0.4) is 0 Å². The van der Waals surface area contributed by atoms with Crippen molar-refractivity contribution in [3.63, 3.8) is 0 Å². The van der Waals surface area contributed by atoms with Crippen molar-refractivity contribution < 1.29 is 17.6 Å². The van der Waals surface area contributed by atoms with Crippen LogP contribution in [0.15, 0.2) is 35.1 Å². The van der Waals surface area contributed by atoms with Gasteiger partial charge in [0, 0.05) is 20.0 Å². The van der Waals surface area contributed by atoms with Gasteiger partial charge in [0.25, 0.3) is 0 Å². The second-order valence-corrected chi connectivity index (χ2v) is 9.49. The first-order chi connectivity index (χ1) is 15.8. The summed E-state index contributed by atoms with van der Waals surface area (Å²) in [6, 6.07) is 5.77. The Bertz CT molecular complexity index is 1120. The van der Waals surface area contributed by atoms with Crippen LogP contribution in [0.25, 0.3) is 11.6 Å². The number of hydrogen-bond donors (Lipinski definition) is 0. The Kier molecular flexibility index (Phi) is 5.55. The quantitative estimate of drug-likeness (QED) is 0.466. The average molecular weight is 460 g/mol. The van der Waals surface area contributed by atoms with Gasteiger partial charge in [0.2, 0.25) is 5.82 Å². The number of oxazole rings is 1. The number of aryl methyl sites for hydroxylation is 2. The maximum absolute atomic E-state index is 12.8. The number of unbranched alkanes of at least 4 members (excludes halogenated alkanes) is 1. The summed E-state index contributed by atoms with van der Waals surface area (Å²) in [5, 5.41) is 8.59. The minimum Gasteiger partial charge on any atom is -0.440 e. The van der Waals surface area contributed by atoms with Gasteiger partial charge in [-0.25, -0.2) is 4.98 Å². The molecule has 0 unspecified atom stereocenters. The largest absolute Gasteiger partial charge is 0.440 e. The molecule has 0 radical (unpaired) electrons. The normalized spacial score (nSPS) is 23.0. The summed E-state index contributed by atoms with van der Waals surface area (Å²) in [6.45, 7) is 5.03. The lowest BCUT2D eigenvalue weighted by Crippen LogP contribution is -2.22. The highest BCUT2D eigenvalue weighted by atomic mass is 19.4. The predicted octanol–water partition coefficient (Wildman–Crippen LogP) is 5.00. The first kappa shape index (κ1) is 22.1. The number of alkyl halides is 3. The topological polar surface area (TPSA) is 60.0 Å². The van der Waals surface area contributed by atoms with E-state index in [0.29, 0.717) is 17.5 Å². The van der Waals surface area contributed by atoms with Crippen molar-refractivity contribution in [2.24, 2.45) is 12.5 Å². The van der Waals surface area contributed by atoms with Gasteiger partial charge in [-0.2, -0.15) is 13.2 Å². The molecule has 3 aromatic rings. The third kappa shape index (κ3) is 4.30. The second-order valence-electron chi connectivity index (χ2n) is 9.49. The van der Waals surface area contributed by atoms with Crippen molar-refractivity contribution in [1.82, 2.24) is 24.6 Å². The lowest BCUT2D eigenvalue weighted by molar-refractivity contribution is -0.137. The minimum absolute atomic E-state index is 0.257. The van der Waals surface area contributed by atoms with E-state index in [-0.39, 0.29) is 5.41 Å². The summed E-state index contributed by atoms with van der Waals surface area (Å²) in [6.07, 6.45) is 2.30. The molecule has 2 atom stereocenters. The lowest BCUT2D eigenvalue weighted by Gasteiger charge is -2.16. The molecule has 0 amide bonds. The summed E-state index contributed by atoms with van der Waals surface area (Å²) in [5.41, 5.74) is 1.53. The molecule has 5 rings (SSSR count). The molecule has 2 aliphatic rings. The Morgan fingerprint density at radius 3 is 2.64 bits per heavy atom. The van der Waals surface area contributed by atoms with Gasteiger partial charge in [-0.3, -0.25) is 0 Å². The van der Waals surface area contributed by atoms with Crippen LogP contribution in [-0.2, 0) is 19.6 Å². The third-order valence-corrected chi connectivity index (χ3v) is 7.33. The van der Waals surface area contributed by atoms with E-state index in [2.05, 4.69) is 20.1 Å². The van der Waals surface area contributed by atoms with Crippen LogP contribution in [0.4, 0.5) is 13.2 Å². The average Bonchev–Trinajstić information content (AvgIpc) is 3.05. The smallest absolute Gasteiger partial charge is 0.416 e. The van der Waals surface area contributed by atoms with Crippen molar-refractivity contribution in [3.05, 3.63) is 53.3 Å². The van der Waals surface area contributed by atoms with Crippen LogP contribution < -0.4 is 0 Å². The van der Waals surface area contributed by atoms with Crippen molar-refractivity contribution in [2.75, 3.05) is 19.6 Å². The van der Waals surface area contributed by atoms with Gasteiger partial charge in [0.1, 0.15) is 5.82 Å². The highest BCUT2D eigenvalue weighted by Gasteiger charge is 2.57. The lowest BCUT2D eigenvalue weighted by atomic mass is 9.97. The molecule has 1 aliphatic heterocycles. The number of rotatable bonds is 7. The molecular weight excluding hydrogens is 431 g/mol. The molecule has 0 bridgehead atoms. The van der Waals surface area contributed by atoms with Gasteiger partial charge in [0.05, 0.1) is 11.3 Å². The SMILES string of the molecule is Cc1ncoc1-c1nnc(CCCCN2CC[C@@]3(C[C@H]3c3ccc(C(F)(F)F)cc3)C2)n1C. The Morgan fingerprint density at radius 1 is 1.15 bits per heavy atom. The Hall–Kier alpha value is -2.68. The molecule has 1 saturated heterocycles. The highest BCUT2D eigenvalue weighted by molar-refractivity contribution is 5.49. The molecular formula is C24H28F3N5O. The van der Waals surface area contributed by atoms with E-state index in [9.17, 15) is 13.2 Å². The number of halogens is 3. The van der Waals surface area contributed by atoms with E-state index in [0.717, 1.165) is 68.8 Å². The van der Waals surface area contributed by atoms with E-state index < -0.39 is 11.7 Å². The molecule has 2 fully saturated rings. The van der Waals surface area contributed by atoms with Crippen LogP contribution >= 0.6 is 0 Å². The Morgan fingerprint density at radius 2 is 1.94 bits per heavy atom. The molecule has 1 spiro atoms. The van der Waals surface area contributed by atoms with E-state index in [1.54, 1.807) is 12.1 Å². The standard InChI is InChI=1S/C24H28F3N5O/c1-16-21(33-15-28-16)22-30-29-20(31(22)2)5-3-4-11-32-12-10-23(14-32)13-19(23)17-6-8-18(9-7-17)24(25,26)27/h6-9,15,19H,3-5,10-14H2,1-2H3/t19-,23+/m0/s1. The monoisotopic (exact) mass is 459 g/mol. The Labute approximate surface area is 190 Å². The van der Waals surface area contributed by atoms with E-state index >= 15 is 0 Å². The predicted molar refractivity (Wildman–Crippen MR) is 116 cm³/mol. The van der Waals surface area contributed by atoms with Gasteiger partial charge in [-0.1, -0.05) is 12.1 Å². The minimum atomic E-state index is -4.27. The molecule has 9 heteroatoms. The molecule has 3 heterocycles. The highest BCUT2D eigenvalue weighted by Crippen LogP contribution is 2.64. The van der Waals surface area contributed by atoms with Crippen molar-refractivity contribution >= 4 is 0 Å². The Balaban J connectivity index is 1.09. The van der Waals surface area contributed by atoms with Crippen LogP contribution in [-0.4, -0.2) is 44.3 Å². The third-order valence-electron chi connectivity index (χ3n) is 7.33. The summed E-state index contributed by atoms with van der Waals surface area (Å²) >= 11 is 0. The second kappa shape index (κ2) is 8.27. The number of nitrogens with zero attached hydrogens (tertiary/aromatic N) is 5. The van der Waals surface area contributed by atoms with E-state index in [1.165, 1.54) is 18.5 Å². The summed E-state index contributed by atoms with van der Waals surface area (Å²) in [7, 11) is 1.95. The van der Waals surface area contributed by atoms with E-state index in [1.807, 2.05) is 18.5 Å². The van der Waals surface area contributed by atoms with Crippen molar-refractivity contribution in [2.45, 2.75) is 51.1 Å². The van der Waals surface area contributed by atoms with Crippen LogP contribution in [0.2, 0.25) is 0 Å². The molecule has 2 aromatic heterocycles. The fraction of sp³-hybridized carbons (Fsp3) is 0.542. The fourth-order valence-electron chi connectivity index (χ4n) is 5.26. The van der Waals surface area contributed by atoms with Crippen LogP contribution in [0.1, 0.15) is 54.2 Å². The van der Waals surface area contributed by atoms with Gasteiger partial charge < -0.3 is 13.9 Å². The number of likely N-dealkylation sites (tertiary alicyclic amines) is 1. The van der Waals surface area contributed by atoms with Gasteiger partial charge in [-0.15, -0.1) is 10.2 Å². The molecule has 1 saturated carbocycles. The molecule has 6 nitrogen and oxygen atoms in total. The van der Waals surface area contributed by atoms with Gasteiger partial charge in [0.15, 0.2) is 12.2 Å². The molecule has 1 aliphatic carbocycles. The molecule has 176 valence electrons. The zero-order chi connectivity index (χ0) is 23.2. The summed E-state index contributed by atoms with van der Waals surface area (Å²) in [5.74, 6) is 2.68.